The molecule has 0 aliphatic heterocycles. The molecular formula is C6H8FN3. The van der Waals surface area contributed by atoms with E-state index in [2.05, 4.69) is 4.98 Å². The Labute approximate surface area is 58.2 Å². The average Bonchev–Trinajstić information content (AvgIpc) is 1.88. The van der Waals surface area contributed by atoms with E-state index in [0.717, 1.165) is 0 Å². The maximum absolute atomic E-state index is 12.4. The minimum atomic E-state index is 0.155. The van der Waals surface area contributed by atoms with Gasteiger partial charge in [-0.1, -0.05) is 4.48 Å². The van der Waals surface area contributed by atoms with Crippen LogP contribution in [0.5, 0.6) is 0 Å². The molecule has 0 atom stereocenters. The molecule has 0 amide bonds. The standard InChI is InChI=1S/C6H8FN3/c1-10(7)6-5(8)3-2-4-9-6/h2-4H,8H2,1H3. The highest BCUT2D eigenvalue weighted by molar-refractivity contribution is 5.60. The molecule has 10 heavy (non-hydrogen) atoms. The summed E-state index contributed by atoms with van der Waals surface area (Å²) in [7, 11) is 1.25. The van der Waals surface area contributed by atoms with E-state index >= 15 is 0 Å². The number of nitrogens with zero attached hydrogens (tertiary/aromatic N) is 2. The first-order chi connectivity index (χ1) is 4.72. The van der Waals surface area contributed by atoms with E-state index < -0.39 is 0 Å². The summed E-state index contributed by atoms with van der Waals surface area (Å²) in [4.78, 5) is 3.70. The summed E-state index contributed by atoms with van der Waals surface area (Å²) in [5.41, 5.74) is 5.72. The molecule has 0 unspecified atom stereocenters. The highest BCUT2D eigenvalue weighted by atomic mass is 19.2. The van der Waals surface area contributed by atoms with Crippen LogP contribution in [-0.4, -0.2) is 12.0 Å². The van der Waals surface area contributed by atoms with Gasteiger partial charge in [-0.2, -0.15) is 5.12 Å². The smallest absolute Gasteiger partial charge is 0.180 e. The Morgan fingerprint density at radius 2 is 2.40 bits per heavy atom. The first-order valence-electron chi connectivity index (χ1n) is 2.82. The zero-order valence-electron chi connectivity index (χ0n) is 5.58. The Kier molecular flexibility index (Phi) is 1.71. The van der Waals surface area contributed by atoms with Gasteiger partial charge in [-0.25, -0.2) is 4.98 Å². The van der Waals surface area contributed by atoms with Crippen molar-refractivity contribution >= 4 is 11.5 Å². The van der Waals surface area contributed by atoms with Crippen LogP contribution < -0.4 is 10.9 Å². The van der Waals surface area contributed by atoms with Gasteiger partial charge in [0.15, 0.2) is 5.82 Å². The molecule has 0 bridgehead atoms. The number of nitrogen functional groups attached to an aromatic ring is 1. The second-order valence-corrected chi connectivity index (χ2v) is 1.89. The second-order valence-electron chi connectivity index (χ2n) is 1.89. The molecule has 0 saturated carbocycles. The normalized spacial score (nSPS) is 9.40. The van der Waals surface area contributed by atoms with E-state index in [-0.39, 0.29) is 5.82 Å². The number of nitrogens with two attached hydrogens (primary N) is 1. The highest BCUT2D eigenvalue weighted by Crippen LogP contribution is 2.16. The molecule has 1 aromatic heterocycles. The molecule has 1 rings (SSSR count). The van der Waals surface area contributed by atoms with Crippen molar-refractivity contribution in [2.75, 3.05) is 17.9 Å². The molecule has 0 radical (unpaired) electrons. The first-order valence-corrected chi connectivity index (χ1v) is 2.82. The van der Waals surface area contributed by atoms with Gasteiger partial charge >= 0.3 is 0 Å². The summed E-state index contributed by atoms with van der Waals surface area (Å²) >= 11 is 0. The quantitative estimate of drug-likeness (QED) is 0.593. The molecule has 4 heteroatoms. The van der Waals surface area contributed by atoms with Crippen LogP contribution in [0.15, 0.2) is 18.3 Å². The Hall–Kier alpha value is -1.32. The van der Waals surface area contributed by atoms with Crippen LogP contribution in [0.3, 0.4) is 0 Å². The Balaban J connectivity index is 3.03. The predicted octanol–water partition coefficient (Wildman–Crippen LogP) is 0.984. The Bertz CT molecular complexity index is 224. The van der Waals surface area contributed by atoms with Gasteiger partial charge < -0.3 is 5.73 Å². The Morgan fingerprint density at radius 1 is 1.70 bits per heavy atom. The van der Waals surface area contributed by atoms with Crippen molar-refractivity contribution < 1.29 is 4.48 Å². The van der Waals surface area contributed by atoms with Gasteiger partial charge in [0.25, 0.3) is 0 Å². The summed E-state index contributed by atoms with van der Waals surface area (Å²) in [6.45, 7) is 0. The van der Waals surface area contributed by atoms with E-state index in [1.165, 1.54) is 13.2 Å². The SMILES string of the molecule is CN(F)c1ncccc1N. The fraction of sp³-hybridized carbons (Fsp3) is 0.167. The van der Waals surface area contributed by atoms with Crippen LogP contribution in [0, 0.1) is 0 Å². The molecular weight excluding hydrogens is 133 g/mol. The summed E-state index contributed by atoms with van der Waals surface area (Å²) in [6.07, 6.45) is 1.49. The zero-order valence-corrected chi connectivity index (χ0v) is 5.58. The van der Waals surface area contributed by atoms with Gasteiger partial charge in [0.2, 0.25) is 0 Å². The fourth-order valence-electron chi connectivity index (χ4n) is 0.667. The topological polar surface area (TPSA) is 42.2 Å². The second kappa shape index (κ2) is 2.51. The average molecular weight is 141 g/mol. The van der Waals surface area contributed by atoms with Crippen molar-refractivity contribution in [1.82, 2.24) is 4.98 Å². The number of anilines is 2. The monoisotopic (exact) mass is 141 g/mol. The molecule has 1 aromatic rings. The maximum atomic E-state index is 12.4. The molecule has 54 valence electrons. The van der Waals surface area contributed by atoms with Crippen molar-refractivity contribution in [1.29, 1.82) is 0 Å². The lowest BCUT2D eigenvalue weighted by Crippen LogP contribution is -2.07. The number of halogens is 1. The van der Waals surface area contributed by atoms with Gasteiger partial charge in [-0.05, 0) is 12.1 Å². The summed E-state index contributed by atoms with van der Waals surface area (Å²) < 4.78 is 12.4. The van der Waals surface area contributed by atoms with Crippen LogP contribution in [-0.2, 0) is 0 Å². The lowest BCUT2D eigenvalue weighted by atomic mass is 10.4. The van der Waals surface area contributed by atoms with E-state index in [1.807, 2.05) is 0 Å². The van der Waals surface area contributed by atoms with Crippen molar-refractivity contribution in [3.63, 3.8) is 0 Å². The number of rotatable bonds is 1. The molecule has 0 spiro atoms. The first kappa shape index (κ1) is 6.80. The number of pyridine rings is 1. The molecule has 3 nitrogen and oxygen atoms in total. The molecule has 0 fully saturated rings. The largest absolute Gasteiger partial charge is 0.396 e. The van der Waals surface area contributed by atoms with Crippen LogP contribution in [0.4, 0.5) is 16.0 Å². The molecule has 1 heterocycles. The zero-order chi connectivity index (χ0) is 7.56. The van der Waals surface area contributed by atoms with E-state index in [0.29, 0.717) is 10.8 Å². The molecule has 0 aliphatic carbocycles. The predicted molar refractivity (Wildman–Crippen MR) is 38.2 cm³/mol. The third-order valence-corrected chi connectivity index (χ3v) is 1.11. The van der Waals surface area contributed by atoms with Gasteiger partial charge in [-0.15, -0.1) is 0 Å². The van der Waals surface area contributed by atoms with Crippen molar-refractivity contribution in [2.24, 2.45) is 0 Å². The van der Waals surface area contributed by atoms with Crippen LogP contribution in [0.2, 0.25) is 0 Å². The summed E-state index contributed by atoms with van der Waals surface area (Å²) in [5.74, 6) is 0.155. The highest BCUT2D eigenvalue weighted by Gasteiger charge is 2.02. The molecule has 2 N–H and O–H groups in total. The van der Waals surface area contributed by atoms with Crippen LogP contribution in [0.25, 0.3) is 0 Å². The number of hydrogen-bond acceptors (Lipinski definition) is 3. The van der Waals surface area contributed by atoms with Gasteiger partial charge in [0, 0.05) is 13.2 Å². The minimum absolute atomic E-state index is 0.155. The van der Waals surface area contributed by atoms with Crippen molar-refractivity contribution in [3.8, 4) is 0 Å². The molecule has 0 aromatic carbocycles. The van der Waals surface area contributed by atoms with Crippen LogP contribution in [0.1, 0.15) is 0 Å². The fourth-order valence-corrected chi connectivity index (χ4v) is 0.667. The number of aromatic nitrogens is 1. The van der Waals surface area contributed by atoms with Gasteiger partial charge in [-0.3, -0.25) is 0 Å². The summed E-state index contributed by atoms with van der Waals surface area (Å²) in [6, 6.07) is 3.25. The lowest BCUT2D eigenvalue weighted by molar-refractivity contribution is 0.471. The van der Waals surface area contributed by atoms with E-state index in [4.69, 9.17) is 5.73 Å². The molecule has 0 saturated heterocycles. The Morgan fingerprint density at radius 3 is 2.80 bits per heavy atom. The third-order valence-electron chi connectivity index (χ3n) is 1.11. The van der Waals surface area contributed by atoms with Gasteiger partial charge in [0.05, 0.1) is 5.69 Å². The molecule has 0 aliphatic rings. The minimum Gasteiger partial charge on any atom is -0.396 e. The van der Waals surface area contributed by atoms with E-state index in [1.54, 1.807) is 12.1 Å². The van der Waals surface area contributed by atoms with Gasteiger partial charge in [0.1, 0.15) is 0 Å². The summed E-state index contributed by atoms with van der Waals surface area (Å²) in [5, 5.41) is 0.384. The van der Waals surface area contributed by atoms with Crippen molar-refractivity contribution in [2.45, 2.75) is 0 Å². The maximum Gasteiger partial charge on any atom is 0.180 e. The lowest BCUT2D eigenvalue weighted by Gasteiger charge is -2.06. The van der Waals surface area contributed by atoms with Crippen molar-refractivity contribution in [3.05, 3.63) is 18.3 Å². The number of hydrogen-bond donors (Lipinski definition) is 1. The third kappa shape index (κ3) is 1.15. The van der Waals surface area contributed by atoms with E-state index in [9.17, 15) is 4.48 Å². The van der Waals surface area contributed by atoms with Crippen LogP contribution >= 0.6 is 0 Å².